The Hall–Kier alpha value is -2.05. The van der Waals surface area contributed by atoms with Gasteiger partial charge >= 0.3 is 0 Å². The zero-order chi connectivity index (χ0) is 19.2. The number of ether oxygens (including phenoxy) is 1. The van der Waals surface area contributed by atoms with Crippen LogP contribution in [0.5, 0.6) is 5.75 Å². The number of carbonyl (C=O) groups excluding carboxylic acids is 1. The number of hydrogen-bond acceptors (Lipinski definition) is 5. The third-order valence-corrected chi connectivity index (χ3v) is 5.33. The minimum Gasteiger partial charge on any atom is -0.497 e. The maximum atomic E-state index is 12.2. The SMILES string of the molecule is COc1cccc(CN2CCC(NC(=O)CCc3c(C)noc3Cl)CC2)c1. The molecule has 146 valence electrons. The summed E-state index contributed by atoms with van der Waals surface area (Å²) in [4.78, 5) is 14.7. The van der Waals surface area contributed by atoms with Crippen LogP contribution in [0, 0.1) is 6.92 Å². The number of benzene rings is 1. The van der Waals surface area contributed by atoms with Crippen LogP contribution in [-0.4, -0.2) is 42.2 Å². The topological polar surface area (TPSA) is 67.6 Å². The molecular weight excluding hydrogens is 366 g/mol. The first kappa shape index (κ1) is 19.7. The fourth-order valence-corrected chi connectivity index (χ4v) is 3.71. The number of methoxy groups -OCH3 is 1. The predicted octanol–water partition coefficient (Wildman–Crippen LogP) is 3.36. The molecule has 2 heterocycles. The first-order chi connectivity index (χ1) is 13.0. The second-order valence-corrected chi connectivity index (χ2v) is 7.33. The van der Waals surface area contributed by atoms with Crippen molar-refractivity contribution in [2.24, 2.45) is 0 Å². The van der Waals surface area contributed by atoms with Crippen molar-refractivity contribution in [3.8, 4) is 5.75 Å². The van der Waals surface area contributed by atoms with Gasteiger partial charge in [0.2, 0.25) is 11.1 Å². The molecular formula is C20H26ClN3O3. The molecule has 0 unspecified atom stereocenters. The summed E-state index contributed by atoms with van der Waals surface area (Å²) in [5.41, 5.74) is 2.82. The molecule has 3 rings (SSSR count). The normalized spacial score (nSPS) is 15.7. The number of amides is 1. The number of piperidine rings is 1. The molecule has 0 aliphatic carbocycles. The molecule has 1 aromatic carbocycles. The van der Waals surface area contributed by atoms with Crippen LogP contribution in [0.3, 0.4) is 0 Å². The van der Waals surface area contributed by atoms with E-state index in [1.165, 1.54) is 5.56 Å². The van der Waals surface area contributed by atoms with Gasteiger partial charge < -0.3 is 14.6 Å². The van der Waals surface area contributed by atoms with E-state index in [0.717, 1.165) is 49.5 Å². The molecule has 1 aliphatic heterocycles. The van der Waals surface area contributed by atoms with Gasteiger partial charge in [0.15, 0.2) is 0 Å². The Balaban J connectivity index is 1.40. The summed E-state index contributed by atoms with van der Waals surface area (Å²) >= 11 is 5.95. The van der Waals surface area contributed by atoms with Crippen LogP contribution in [0.15, 0.2) is 28.8 Å². The molecule has 7 heteroatoms. The van der Waals surface area contributed by atoms with Crippen LogP contribution in [0.2, 0.25) is 5.22 Å². The van der Waals surface area contributed by atoms with E-state index in [-0.39, 0.29) is 17.2 Å². The smallest absolute Gasteiger partial charge is 0.229 e. The summed E-state index contributed by atoms with van der Waals surface area (Å²) in [5.74, 6) is 0.940. The molecule has 0 spiro atoms. The van der Waals surface area contributed by atoms with E-state index in [0.29, 0.717) is 12.8 Å². The van der Waals surface area contributed by atoms with Crippen LogP contribution in [0.1, 0.15) is 36.1 Å². The van der Waals surface area contributed by atoms with Crippen molar-refractivity contribution >= 4 is 17.5 Å². The van der Waals surface area contributed by atoms with Crippen LogP contribution in [-0.2, 0) is 17.8 Å². The fourth-order valence-electron chi connectivity index (χ4n) is 3.44. The molecule has 2 aromatic rings. The van der Waals surface area contributed by atoms with Crippen molar-refractivity contribution in [3.05, 3.63) is 46.3 Å². The fraction of sp³-hybridized carbons (Fsp3) is 0.500. The highest BCUT2D eigenvalue weighted by atomic mass is 35.5. The molecule has 27 heavy (non-hydrogen) atoms. The quantitative estimate of drug-likeness (QED) is 0.783. The predicted molar refractivity (Wildman–Crippen MR) is 104 cm³/mol. The summed E-state index contributed by atoms with van der Waals surface area (Å²) in [6.07, 6.45) is 2.87. The maximum Gasteiger partial charge on any atom is 0.229 e. The number of aryl methyl sites for hydroxylation is 1. The highest BCUT2D eigenvalue weighted by molar-refractivity contribution is 6.29. The van der Waals surface area contributed by atoms with Crippen molar-refractivity contribution in [2.75, 3.05) is 20.2 Å². The molecule has 6 nitrogen and oxygen atoms in total. The number of nitrogens with one attached hydrogen (secondary N) is 1. The Bertz CT molecular complexity index is 750. The summed E-state index contributed by atoms with van der Waals surface area (Å²) < 4.78 is 10.2. The minimum absolute atomic E-state index is 0.0536. The third kappa shape index (κ3) is 5.47. The van der Waals surface area contributed by atoms with Crippen molar-refractivity contribution < 1.29 is 14.1 Å². The Labute approximate surface area is 164 Å². The monoisotopic (exact) mass is 391 g/mol. The standard InChI is InChI=1S/C20H26ClN3O3/c1-14-18(20(21)27-23-14)6-7-19(25)22-16-8-10-24(11-9-16)13-15-4-3-5-17(12-15)26-2/h3-5,12,16H,6-11,13H2,1-2H3,(H,22,25). The molecule has 1 amide bonds. The van der Waals surface area contributed by atoms with E-state index in [9.17, 15) is 4.79 Å². The van der Waals surface area contributed by atoms with Gasteiger partial charge in [0.1, 0.15) is 5.75 Å². The lowest BCUT2D eigenvalue weighted by atomic mass is 10.0. The number of carbonyl (C=O) groups is 1. The molecule has 0 radical (unpaired) electrons. The molecule has 0 bridgehead atoms. The zero-order valence-electron chi connectivity index (χ0n) is 15.8. The lowest BCUT2D eigenvalue weighted by Gasteiger charge is -2.32. The average molecular weight is 392 g/mol. The molecule has 0 atom stereocenters. The molecule has 1 aromatic heterocycles. The van der Waals surface area contributed by atoms with E-state index >= 15 is 0 Å². The van der Waals surface area contributed by atoms with Gasteiger partial charge in [-0.2, -0.15) is 0 Å². The summed E-state index contributed by atoms with van der Waals surface area (Å²) in [5, 5.41) is 7.24. The number of aromatic nitrogens is 1. The Morgan fingerprint density at radius 1 is 1.41 bits per heavy atom. The van der Waals surface area contributed by atoms with Gasteiger partial charge in [-0.3, -0.25) is 9.69 Å². The van der Waals surface area contributed by atoms with Gasteiger partial charge in [0.25, 0.3) is 0 Å². The highest BCUT2D eigenvalue weighted by Gasteiger charge is 2.21. The third-order valence-electron chi connectivity index (χ3n) is 5.03. The van der Waals surface area contributed by atoms with Gasteiger partial charge in [-0.05, 0) is 55.5 Å². The Morgan fingerprint density at radius 2 is 2.19 bits per heavy atom. The lowest BCUT2D eigenvalue weighted by Crippen LogP contribution is -2.44. The Morgan fingerprint density at radius 3 is 2.85 bits per heavy atom. The van der Waals surface area contributed by atoms with Crippen molar-refractivity contribution in [1.82, 2.24) is 15.4 Å². The van der Waals surface area contributed by atoms with Gasteiger partial charge in [-0.15, -0.1) is 0 Å². The van der Waals surface area contributed by atoms with Crippen LogP contribution in [0.25, 0.3) is 0 Å². The van der Waals surface area contributed by atoms with Gasteiger partial charge in [0.05, 0.1) is 12.8 Å². The van der Waals surface area contributed by atoms with Crippen LogP contribution < -0.4 is 10.1 Å². The van der Waals surface area contributed by atoms with E-state index in [1.54, 1.807) is 7.11 Å². The number of rotatable bonds is 7. The number of nitrogens with zero attached hydrogens (tertiary/aromatic N) is 2. The van der Waals surface area contributed by atoms with E-state index < -0.39 is 0 Å². The van der Waals surface area contributed by atoms with Crippen LogP contribution >= 0.6 is 11.6 Å². The Kier molecular flexibility index (Phi) is 6.74. The second kappa shape index (κ2) is 9.24. The molecule has 0 saturated carbocycles. The van der Waals surface area contributed by atoms with Crippen LogP contribution in [0.4, 0.5) is 0 Å². The zero-order valence-corrected chi connectivity index (χ0v) is 16.6. The largest absolute Gasteiger partial charge is 0.497 e. The number of likely N-dealkylation sites (tertiary alicyclic amines) is 1. The first-order valence-electron chi connectivity index (χ1n) is 9.30. The second-order valence-electron chi connectivity index (χ2n) is 6.99. The van der Waals surface area contributed by atoms with E-state index in [2.05, 4.69) is 27.5 Å². The summed E-state index contributed by atoms with van der Waals surface area (Å²) in [7, 11) is 1.69. The van der Waals surface area contributed by atoms with Gasteiger partial charge in [0, 0.05) is 37.7 Å². The van der Waals surface area contributed by atoms with E-state index in [4.69, 9.17) is 20.9 Å². The highest BCUT2D eigenvalue weighted by Crippen LogP contribution is 2.21. The molecule has 1 fully saturated rings. The molecule has 1 aliphatic rings. The van der Waals surface area contributed by atoms with Crippen molar-refractivity contribution in [3.63, 3.8) is 0 Å². The summed E-state index contributed by atoms with van der Waals surface area (Å²) in [6, 6.07) is 8.41. The lowest BCUT2D eigenvalue weighted by molar-refractivity contribution is -0.122. The first-order valence-corrected chi connectivity index (χ1v) is 9.68. The van der Waals surface area contributed by atoms with Crippen molar-refractivity contribution in [1.29, 1.82) is 0 Å². The minimum atomic E-state index is 0.0536. The maximum absolute atomic E-state index is 12.2. The number of halogens is 1. The van der Waals surface area contributed by atoms with Gasteiger partial charge in [-0.1, -0.05) is 17.3 Å². The summed E-state index contributed by atoms with van der Waals surface area (Å²) in [6.45, 7) is 4.68. The molecule has 1 saturated heterocycles. The molecule has 1 N–H and O–H groups in total. The van der Waals surface area contributed by atoms with E-state index in [1.807, 2.05) is 19.1 Å². The van der Waals surface area contributed by atoms with Crippen molar-refractivity contribution in [2.45, 2.75) is 45.2 Å². The number of hydrogen-bond donors (Lipinski definition) is 1. The van der Waals surface area contributed by atoms with Gasteiger partial charge in [-0.25, -0.2) is 0 Å². The average Bonchev–Trinajstić information content (AvgIpc) is 2.99.